The van der Waals surface area contributed by atoms with Crippen LogP contribution in [0.25, 0.3) is 0 Å². The molecule has 2 aliphatic heterocycles. The number of piperazine rings is 1. The molecule has 40 heavy (non-hydrogen) atoms. The van der Waals surface area contributed by atoms with Gasteiger partial charge in [-0.1, -0.05) is 0 Å². The van der Waals surface area contributed by atoms with Crippen LogP contribution in [0, 0.1) is 5.92 Å². The molecular formula is C28H40F3N3O6. The lowest BCUT2D eigenvalue weighted by molar-refractivity contribution is -0.148. The first-order valence-corrected chi connectivity index (χ1v) is 13.6. The summed E-state index contributed by atoms with van der Waals surface area (Å²) >= 11 is 0. The standard InChI is InChI=1S/C28H40F3N3O6/c1-7-38-23(35)19-9-8-10-34(18-19)21-15-20(28(29,30)31)16-22(17-21)39-27(5,6)24(36)32-11-13-33(14-12-32)25(37)40-26(2,3)4/h15-17,19H,7-14,18H2,1-6H3/t19-/m1/s1. The zero-order valence-corrected chi connectivity index (χ0v) is 24.1. The number of esters is 1. The van der Waals surface area contributed by atoms with Crippen molar-refractivity contribution in [3.8, 4) is 5.75 Å². The second kappa shape index (κ2) is 12.1. The van der Waals surface area contributed by atoms with E-state index in [2.05, 4.69) is 0 Å². The number of rotatable bonds is 6. The van der Waals surface area contributed by atoms with Crippen molar-refractivity contribution >= 4 is 23.7 Å². The Kier molecular flexibility index (Phi) is 9.51. The van der Waals surface area contributed by atoms with Crippen LogP contribution in [0.1, 0.15) is 59.9 Å². The number of ether oxygens (including phenoxy) is 3. The average molecular weight is 572 g/mol. The first-order valence-electron chi connectivity index (χ1n) is 13.6. The van der Waals surface area contributed by atoms with E-state index in [1.165, 1.54) is 29.7 Å². The van der Waals surface area contributed by atoms with Gasteiger partial charge in [-0.3, -0.25) is 9.59 Å². The maximum atomic E-state index is 13.8. The van der Waals surface area contributed by atoms with Gasteiger partial charge in [0.2, 0.25) is 0 Å². The fourth-order valence-corrected chi connectivity index (χ4v) is 4.79. The molecule has 0 aliphatic carbocycles. The van der Waals surface area contributed by atoms with Crippen LogP contribution in [0.3, 0.4) is 0 Å². The highest BCUT2D eigenvalue weighted by atomic mass is 19.4. The van der Waals surface area contributed by atoms with Crippen LogP contribution in [-0.2, 0) is 25.2 Å². The molecule has 3 rings (SSSR count). The SMILES string of the molecule is CCOC(=O)[C@@H]1CCCN(c2cc(OC(C)(C)C(=O)N3CCN(C(=O)OC(C)(C)C)CC3)cc(C(F)(F)F)c2)C1. The summed E-state index contributed by atoms with van der Waals surface area (Å²) in [6.07, 6.45) is -3.89. The van der Waals surface area contributed by atoms with E-state index in [-0.39, 0.29) is 56.7 Å². The predicted molar refractivity (Wildman–Crippen MR) is 142 cm³/mol. The monoisotopic (exact) mass is 571 g/mol. The van der Waals surface area contributed by atoms with E-state index in [4.69, 9.17) is 14.2 Å². The number of carbonyl (C=O) groups is 3. The maximum Gasteiger partial charge on any atom is 0.416 e. The summed E-state index contributed by atoms with van der Waals surface area (Å²) in [6, 6.07) is 3.38. The number of amides is 2. The van der Waals surface area contributed by atoms with Gasteiger partial charge >= 0.3 is 18.2 Å². The lowest BCUT2D eigenvalue weighted by Gasteiger charge is -2.39. The van der Waals surface area contributed by atoms with Crippen LogP contribution >= 0.6 is 0 Å². The summed E-state index contributed by atoms with van der Waals surface area (Å²) in [5, 5.41) is 0. The van der Waals surface area contributed by atoms with Gasteiger partial charge in [0.15, 0.2) is 5.60 Å². The van der Waals surface area contributed by atoms with E-state index in [1.807, 2.05) is 0 Å². The number of halogens is 3. The highest BCUT2D eigenvalue weighted by molar-refractivity contribution is 5.85. The van der Waals surface area contributed by atoms with E-state index >= 15 is 0 Å². The maximum absolute atomic E-state index is 13.8. The largest absolute Gasteiger partial charge is 0.478 e. The summed E-state index contributed by atoms with van der Waals surface area (Å²) in [5.41, 5.74) is -2.77. The Morgan fingerprint density at radius 2 is 1.55 bits per heavy atom. The van der Waals surface area contributed by atoms with Gasteiger partial charge in [0.05, 0.1) is 18.1 Å². The second-order valence-corrected chi connectivity index (χ2v) is 11.6. The van der Waals surface area contributed by atoms with Crippen molar-refractivity contribution in [3.05, 3.63) is 23.8 Å². The molecule has 12 heteroatoms. The Hall–Kier alpha value is -3.18. The Bertz CT molecular complexity index is 1080. The molecule has 0 N–H and O–H groups in total. The van der Waals surface area contributed by atoms with Crippen molar-refractivity contribution in [2.24, 2.45) is 5.92 Å². The Morgan fingerprint density at radius 3 is 2.12 bits per heavy atom. The van der Waals surface area contributed by atoms with Crippen molar-refractivity contribution in [3.63, 3.8) is 0 Å². The molecule has 9 nitrogen and oxygen atoms in total. The smallest absolute Gasteiger partial charge is 0.416 e. The summed E-state index contributed by atoms with van der Waals surface area (Å²) < 4.78 is 58.0. The number of hydrogen-bond donors (Lipinski definition) is 0. The van der Waals surface area contributed by atoms with Crippen LogP contribution in [-0.4, -0.2) is 84.8 Å². The first kappa shape index (κ1) is 31.3. The minimum Gasteiger partial charge on any atom is -0.478 e. The summed E-state index contributed by atoms with van der Waals surface area (Å²) in [4.78, 5) is 42.8. The number of piperidine rings is 1. The number of hydrogen-bond acceptors (Lipinski definition) is 7. The van der Waals surface area contributed by atoms with Gasteiger partial charge in [-0.05, 0) is 66.5 Å². The normalized spacial score (nSPS) is 18.8. The van der Waals surface area contributed by atoms with E-state index < -0.39 is 40.9 Å². The first-order chi connectivity index (χ1) is 18.5. The molecule has 0 radical (unpaired) electrons. The summed E-state index contributed by atoms with van der Waals surface area (Å²) in [7, 11) is 0. The molecule has 0 aromatic heterocycles. The minimum absolute atomic E-state index is 0.103. The molecule has 0 unspecified atom stereocenters. The molecule has 1 aromatic carbocycles. The zero-order chi connectivity index (χ0) is 29.9. The predicted octanol–water partition coefficient (Wildman–Crippen LogP) is 4.72. The van der Waals surface area contributed by atoms with Gasteiger partial charge in [0.25, 0.3) is 5.91 Å². The molecule has 1 atom stereocenters. The summed E-state index contributed by atoms with van der Waals surface area (Å²) in [5.74, 6) is -1.32. The van der Waals surface area contributed by atoms with E-state index in [9.17, 15) is 27.6 Å². The third kappa shape index (κ3) is 8.17. The van der Waals surface area contributed by atoms with Crippen molar-refractivity contribution in [1.29, 1.82) is 0 Å². The Morgan fingerprint density at radius 1 is 0.925 bits per heavy atom. The third-order valence-corrected chi connectivity index (χ3v) is 6.73. The number of nitrogens with zero attached hydrogens (tertiary/aromatic N) is 3. The van der Waals surface area contributed by atoms with Gasteiger partial charge in [-0.2, -0.15) is 13.2 Å². The summed E-state index contributed by atoms with van der Waals surface area (Å²) in [6.45, 7) is 12.0. The minimum atomic E-state index is -4.64. The number of anilines is 1. The zero-order valence-electron chi connectivity index (χ0n) is 24.1. The van der Waals surface area contributed by atoms with Crippen molar-refractivity contribution in [1.82, 2.24) is 9.80 Å². The number of alkyl halides is 3. The van der Waals surface area contributed by atoms with E-state index in [0.29, 0.717) is 19.4 Å². The molecule has 0 saturated carbocycles. The highest BCUT2D eigenvalue weighted by Crippen LogP contribution is 2.37. The van der Waals surface area contributed by atoms with Gasteiger partial charge in [-0.15, -0.1) is 0 Å². The van der Waals surface area contributed by atoms with Gasteiger partial charge in [-0.25, -0.2) is 4.79 Å². The molecule has 224 valence electrons. The third-order valence-electron chi connectivity index (χ3n) is 6.73. The van der Waals surface area contributed by atoms with Gasteiger partial charge < -0.3 is 28.9 Å². The van der Waals surface area contributed by atoms with Crippen LogP contribution < -0.4 is 9.64 Å². The van der Waals surface area contributed by atoms with E-state index in [0.717, 1.165) is 12.1 Å². The number of benzene rings is 1. The lowest BCUT2D eigenvalue weighted by atomic mass is 9.97. The van der Waals surface area contributed by atoms with Crippen LogP contribution in [0.2, 0.25) is 0 Å². The van der Waals surface area contributed by atoms with Gasteiger partial charge in [0.1, 0.15) is 11.4 Å². The molecule has 2 amide bonds. The Labute approximate surface area is 233 Å². The fourth-order valence-electron chi connectivity index (χ4n) is 4.79. The van der Waals surface area contributed by atoms with Crippen LogP contribution in [0.5, 0.6) is 5.75 Å². The molecule has 2 heterocycles. The van der Waals surface area contributed by atoms with Crippen molar-refractivity contribution < 1.29 is 41.8 Å². The topological polar surface area (TPSA) is 88.6 Å². The van der Waals surface area contributed by atoms with Crippen molar-refractivity contribution in [2.75, 3.05) is 50.8 Å². The molecule has 0 spiro atoms. The van der Waals surface area contributed by atoms with Gasteiger partial charge in [0, 0.05) is 51.0 Å². The highest BCUT2D eigenvalue weighted by Gasteiger charge is 2.39. The quantitative estimate of drug-likeness (QED) is 0.457. The fraction of sp³-hybridized carbons (Fsp3) is 0.679. The molecule has 2 aliphatic rings. The lowest BCUT2D eigenvalue weighted by Crippen LogP contribution is -2.57. The van der Waals surface area contributed by atoms with Crippen molar-refractivity contribution in [2.45, 2.75) is 71.8 Å². The molecule has 1 aromatic rings. The van der Waals surface area contributed by atoms with E-state index in [1.54, 1.807) is 32.6 Å². The Balaban J connectivity index is 1.75. The number of carbonyl (C=O) groups excluding carboxylic acids is 3. The van der Waals surface area contributed by atoms with Crippen LogP contribution in [0.15, 0.2) is 18.2 Å². The molecule has 0 bridgehead atoms. The average Bonchev–Trinajstić information content (AvgIpc) is 2.86. The molecule has 2 saturated heterocycles. The molecular weight excluding hydrogens is 531 g/mol. The van der Waals surface area contributed by atoms with Crippen LogP contribution in [0.4, 0.5) is 23.7 Å². The second-order valence-electron chi connectivity index (χ2n) is 11.6. The molecule has 2 fully saturated rings.